The average Bonchev–Trinajstić information content (AvgIpc) is 2.11. The van der Waals surface area contributed by atoms with Gasteiger partial charge in [-0.3, -0.25) is 4.79 Å². The highest BCUT2D eigenvalue weighted by Crippen LogP contribution is 2.22. The summed E-state index contributed by atoms with van der Waals surface area (Å²) in [4.78, 5) is 11.3. The van der Waals surface area contributed by atoms with Crippen molar-refractivity contribution in [2.24, 2.45) is 5.73 Å². The number of halogens is 2. The second kappa shape index (κ2) is 5.09. The molecule has 0 aliphatic heterocycles. The number of benzene rings is 1. The first kappa shape index (κ1) is 11.9. The third-order valence-corrected chi connectivity index (χ3v) is 3.94. The molecule has 0 aliphatic carbocycles. The molecule has 0 unspecified atom stereocenters. The lowest BCUT2D eigenvalue weighted by Crippen LogP contribution is -2.32. The Morgan fingerprint density at radius 1 is 1.64 bits per heavy atom. The Morgan fingerprint density at radius 3 is 2.79 bits per heavy atom. The van der Waals surface area contributed by atoms with Crippen molar-refractivity contribution in [1.82, 2.24) is 0 Å². The number of nitrogens with one attached hydrogen (secondary N) is 1. The molecule has 1 rings (SSSR count). The zero-order valence-corrected chi connectivity index (χ0v) is 11.3. The highest BCUT2D eigenvalue weighted by molar-refractivity contribution is 14.1. The van der Waals surface area contributed by atoms with Gasteiger partial charge in [-0.1, -0.05) is 0 Å². The quantitative estimate of drug-likeness (QED) is 0.787. The third kappa shape index (κ3) is 3.21. The van der Waals surface area contributed by atoms with Crippen molar-refractivity contribution >= 4 is 50.1 Å². The second-order valence-corrected chi connectivity index (χ2v) is 4.92. The summed E-state index contributed by atoms with van der Waals surface area (Å²) in [6.07, 6.45) is 0. The standard InChI is InChI=1S/C9H10BrIN2O/c1-5(12)9(14)13-6-2-3-8(11)7(10)4-6/h2-5H,12H2,1H3,(H,13,14)/t5-/m0/s1. The van der Waals surface area contributed by atoms with Crippen LogP contribution in [-0.2, 0) is 4.79 Å². The highest BCUT2D eigenvalue weighted by atomic mass is 127. The van der Waals surface area contributed by atoms with Gasteiger partial charge in [0, 0.05) is 13.7 Å². The van der Waals surface area contributed by atoms with Crippen molar-refractivity contribution < 1.29 is 4.79 Å². The lowest BCUT2D eigenvalue weighted by atomic mass is 10.3. The molecule has 0 bridgehead atoms. The number of amides is 1. The highest BCUT2D eigenvalue weighted by Gasteiger charge is 2.07. The van der Waals surface area contributed by atoms with Crippen molar-refractivity contribution in [3.63, 3.8) is 0 Å². The number of carbonyl (C=O) groups is 1. The molecule has 0 heterocycles. The molecular formula is C9H10BrIN2O. The van der Waals surface area contributed by atoms with E-state index in [9.17, 15) is 4.79 Å². The van der Waals surface area contributed by atoms with E-state index < -0.39 is 6.04 Å². The fourth-order valence-corrected chi connectivity index (χ4v) is 1.54. The summed E-state index contributed by atoms with van der Waals surface area (Å²) in [5, 5.41) is 2.71. The molecule has 1 amide bonds. The van der Waals surface area contributed by atoms with Gasteiger partial charge in [-0.2, -0.15) is 0 Å². The molecule has 76 valence electrons. The fraction of sp³-hybridized carbons (Fsp3) is 0.222. The van der Waals surface area contributed by atoms with Crippen molar-refractivity contribution in [3.8, 4) is 0 Å². The van der Waals surface area contributed by atoms with Crippen LogP contribution in [0.15, 0.2) is 22.7 Å². The van der Waals surface area contributed by atoms with E-state index in [0.717, 1.165) is 13.7 Å². The van der Waals surface area contributed by atoms with Crippen LogP contribution < -0.4 is 11.1 Å². The van der Waals surface area contributed by atoms with Gasteiger partial charge in [0.05, 0.1) is 6.04 Å². The molecule has 1 aromatic rings. The molecule has 14 heavy (non-hydrogen) atoms. The van der Waals surface area contributed by atoms with Crippen LogP contribution in [0.2, 0.25) is 0 Å². The van der Waals surface area contributed by atoms with E-state index in [2.05, 4.69) is 43.8 Å². The molecule has 0 fully saturated rings. The first-order valence-electron chi connectivity index (χ1n) is 4.02. The summed E-state index contributed by atoms with van der Waals surface area (Å²) in [5.74, 6) is -0.182. The summed E-state index contributed by atoms with van der Waals surface area (Å²) in [5.41, 5.74) is 6.18. The summed E-state index contributed by atoms with van der Waals surface area (Å²) in [6, 6.07) is 5.11. The molecule has 0 aromatic heterocycles. The number of hydrogen-bond acceptors (Lipinski definition) is 2. The predicted octanol–water partition coefficient (Wildman–Crippen LogP) is 2.34. The second-order valence-electron chi connectivity index (χ2n) is 2.91. The van der Waals surface area contributed by atoms with Gasteiger partial charge in [-0.05, 0) is 63.6 Å². The van der Waals surface area contributed by atoms with Crippen LogP contribution in [0.25, 0.3) is 0 Å². The molecule has 0 saturated carbocycles. The Morgan fingerprint density at radius 2 is 2.29 bits per heavy atom. The molecule has 3 N–H and O–H groups in total. The lowest BCUT2D eigenvalue weighted by molar-refractivity contribution is -0.117. The summed E-state index contributed by atoms with van der Waals surface area (Å²) in [6.45, 7) is 1.65. The molecule has 3 nitrogen and oxygen atoms in total. The molecule has 1 aromatic carbocycles. The summed E-state index contributed by atoms with van der Waals surface area (Å²) < 4.78 is 2.06. The molecule has 5 heteroatoms. The number of carbonyl (C=O) groups excluding carboxylic acids is 1. The Hall–Kier alpha value is -0.140. The summed E-state index contributed by atoms with van der Waals surface area (Å²) in [7, 11) is 0. The van der Waals surface area contributed by atoms with Gasteiger partial charge in [-0.25, -0.2) is 0 Å². The van der Waals surface area contributed by atoms with Crippen LogP contribution in [0.5, 0.6) is 0 Å². The molecule has 0 spiro atoms. The van der Waals surface area contributed by atoms with Gasteiger partial charge < -0.3 is 11.1 Å². The minimum absolute atomic E-state index is 0.182. The van der Waals surface area contributed by atoms with Gasteiger partial charge in [-0.15, -0.1) is 0 Å². The van der Waals surface area contributed by atoms with E-state index in [4.69, 9.17) is 5.73 Å². The van der Waals surface area contributed by atoms with Crippen LogP contribution in [0.1, 0.15) is 6.92 Å². The largest absolute Gasteiger partial charge is 0.325 e. The van der Waals surface area contributed by atoms with Crippen LogP contribution in [0.3, 0.4) is 0 Å². The lowest BCUT2D eigenvalue weighted by Gasteiger charge is -2.08. The van der Waals surface area contributed by atoms with Gasteiger partial charge in [0.1, 0.15) is 0 Å². The summed E-state index contributed by atoms with van der Waals surface area (Å²) >= 11 is 5.59. The Balaban J connectivity index is 2.78. The van der Waals surface area contributed by atoms with Gasteiger partial charge in [0.2, 0.25) is 5.91 Å². The van der Waals surface area contributed by atoms with E-state index in [1.54, 1.807) is 6.92 Å². The predicted molar refractivity (Wildman–Crippen MR) is 69.1 cm³/mol. The van der Waals surface area contributed by atoms with Gasteiger partial charge >= 0.3 is 0 Å². The molecular weight excluding hydrogens is 359 g/mol. The van der Waals surface area contributed by atoms with Crippen LogP contribution in [-0.4, -0.2) is 11.9 Å². The number of nitrogens with two attached hydrogens (primary N) is 1. The first-order valence-corrected chi connectivity index (χ1v) is 5.89. The molecule has 0 aliphatic rings. The maximum absolute atomic E-state index is 11.3. The fourth-order valence-electron chi connectivity index (χ4n) is 0.830. The van der Waals surface area contributed by atoms with Crippen molar-refractivity contribution in [1.29, 1.82) is 0 Å². The molecule has 0 radical (unpaired) electrons. The third-order valence-electron chi connectivity index (χ3n) is 1.60. The van der Waals surface area contributed by atoms with E-state index in [0.29, 0.717) is 0 Å². The zero-order valence-electron chi connectivity index (χ0n) is 7.55. The smallest absolute Gasteiger partial charge is 0.240 e. The number of rotatable bonds is 2. The monoisotopic (exact) mass is 368 g/mol. The topological polar surface area (TPSA) is 55.1 Å². The minimum Gasteiger partial charge on any atom is -0.325 e. The Bertz CT molecular complexity index is 355. The first-order chi connectivity index (χ1) is 6.50. The Labute approximate surface area is 105 Å². The Kier molecular flexibility index (Phi) is 4.33. The van der Waals surface area contributed by atoms with Gasteiger partial charge in [0.15, 0.2) is 0 Å². The molecule has 0 saturated heterocycles. The number of hydrogen-bond donors (Lipinski definition) is 2. The van der Waals surface area contributed by atoms with E-state index >= 15 is 0 Å². The maximum atomic E-state index is 11.3. The number of anilines is 1. The van der Waals surface area contributed by atoms with E-state index in [1.165, 1.54) is 0 Å². The van der Waals surface area contributed by atoms with Crippen LogP contribution >= 0.6 is 38.5 Å². The molecule has 1 atom stereocenters. The average molecular weight is 369 g/mol. The van der Waals surface area contributed by atoms with Crippen LogP contribution in [0, 0.1) is 3.57 Å². The SMILES string of the molecule is C[C@H](N)C(=O)Nc1ccc(I)c(Br)c1. The van der Waals surface area contributed by atoms with Crippen molar-refractivity contribution in [2.45, 2.75) is 13.0 Å². The van der Waals surface area contributed by atoms with E-state index in [-0.39, 0.29) is 5.91 Å². The normalized spacial score (nSPS) is 12.3. The zero-order chi connectivity index (χ0) is 10.7. The van der Waals surface area contributed by atoms with Crippen molar-refractivity contribution in [2.75, 3.05) is 5.32 Å². The van der Waals surface area contributed by atoms with Crippen molar-refractivity contribution in [3.05, 3.63) is 26.2 Å². The van der Waals surface area contributed by atoms with Gasteiger partial charge in [0.25, 0.3) is 0 Å². The minimum atomic E-state index is -0.493. The van der Waals surface area contributed by atoms with E-state index in [1.807, 2.05) is 18.2 Å². The van der Waals surface area contributed by atoms with Crippen LogP contribution in [0.4, 0.5) is 5.69 Å². The maximum Gasteiger partial charge on any atom is 0.240 e.